The molecule has 0 aliphatic carbocycles. The summed E-state index contributed by atoms with van der Waals surface area (Å²) in [6, 6.07) is 4.01. The molecule has 1 rings (SSSR count). The summed E-state index contributed by atoms with van der Waals surface area (Å²) in [5, 5.41) is 0. The van der Waals surface area contributed by atoms with Crippen LogP contribution >= 0.6 is 0 Å². The molecule has 102 valence electrons. The third kappa shape index (κ3) is 4.65. The summed E-state index contributed by atoms with van der Waals surface area (Å²) in [6.45, 7) is 9.92. The van der Waals surface area contributed by atoms with Gasteiger partial charge >= 0.3 is 0 Å². The second-order valence-electron chi connectivity index (χ2n) is 5.30. The summed E-state index contributed by atoms with van der Waals surface area (Å²) >= 11 is 0. The van der Waals surface area contributed by atoms with Crippen LogP contribution in [0.5, 0.6) is 5.88 Å². The van der Waals surface area contributed by atoms with Gasteiger partial charge in [-0.2, -0.15) is 0 Å². The van der Waals surface area contributed by atoms with Crippen LogP contribution in [0, 0.1) is 5.92 Å². The molecule has 1 atom stereocenters. The first-order valence-corrected chi connectivity index (χ1v) is 6.90. The van der Waals surface area contributed by atoms with Crippen LogP contribution in [0.3, 0.4) is 0 Å². The van der Waals surface area contributed by atoms with E-state index in [9.17, 15) is 0 Å². The van der Waals surface area contributed by atoms with Gasteiger partial charge in [0.15, 0.2) is 0 Å². The summed E-state index contributed by atoms with van der Waals surface area (Å²) in [6.07, 6.45) is 2.38. The van der Waals surface area contributed by atoms with Gasteiger partial charge in [-0.1, -0.05) is 34.1 Å². The molecular formula is C15H26N2O. The van der Waals surface area contributed by atoms with Gasteiger partial charge in [-0.05, 0) is 29.9 Å². The first-order chi connectivity index (χ1) is 8.56. The van der Waals surface area contributed by atoms with Crippen molar-refractivity contribution in [3.8, 4) is 5.88 Å². The molecule has 18 heavy (non-hydrogen) atoms. The van der Waals surface area contributed by atoms with Gasteiger partial charge in [0, 0.05) is 18.3 Å². The summed E-state index contributed by atoms with van der Waals surface area (Å²) < 4.78 is 5.79. The highest BCUT2D eigenvalue weighted by atomic mass is 16.5. The van der Waals surface area contributed by atoms with Crippen LogP contribution in [-0.4, -0.2) is 11.6 Å². The lowest BCUT2D eigenvalue weighted by Gasteiger charge is -2.14. The van der Waals surface area contributed by atoms with Crippen LogP contribution < -0.4 is 10.5 Å². The van der Waals surface area contributed by atoms with Crippen LogP contribution in [0.1, 0.15) is 57.7 Å². The van der Waals surface area contributed by atoms with Crippen molar-refractivity contribution in [2.45, 2.75) is 53.0 Å². The zero-order valence-electron chi connectivity index (χ0n) is 12.1. The molecule has 2 N–H and O–H groups in total. The third-order valence-electron chi connectivity index (χ3n) is 3.01. The second-order valence-corrected chi connectivity index (χ2v) is 5.30. The van der Waals surface area contributed by atoms with Gasteiger partial charge in [-0.15, -0.1) is 0 Å². The molecule has 0 saturated heterocycles. The van der Waals surface area contributed by atoms with E-state index in [1.807, 2.05) is 6.07 Å². The van der Waals surface area contributed by atoms with E-state index in [0.717, 1.165) is 17.9 Å². The van der Waals surface area contributed by atoms with Gasteiger partial charge in [0.05, 0.1) is 6.61 Å². The van der Waals surface area contributed by atoms with Crippen LogP contribution in [-0.2, 0) is 6.54 Å². The van der Waals surface area contributed by atoms with Crippen molar-refractivity contribution in [3.63, 3.8) is 0 Å². The molecular weight excluding hydrogens is 224 g/mol. The van der Waals surface area contributed by atoms with Crippen molar-refractivity contribution < 1.29 is 4.74 Å². The number of pyridine rings is 1. The molecule has 0 radical (unpaired) electrons. The van der Waals surface area contributed by atoms with Gasteiger partial charge in [0.2, 0.25) is 5.88 Å². The molecule has 3 nitrogen and oxygen atoms in total. The maximum absolute atomic E-state index is 5.79. The Bertz CT molecular complexity index is 364. The average Bonchev–Trinajstić information content (AvgIpc) is 2.36. The molecule has 0 bridgehead atoms. The Morgan fingerprint density at radius 3 is 2.56 bits per heavy atom. The quantitative estimate of drug-likeness (QED) is 0.806. The number of hydrogen-bond donors (Lipinski definition) is 1. The van der Waals surface area contributed by atoms with E-state index in [0.29, 0.717) is 24.3 Å². The SMILES string of the molecule is CCCC(C)COc1cc(CN)cc(C(C)C)n1. The molecule has 1 aromatic rings. The van der Waals surface area contributed by atoms with Crippen molar-refractivity contribution in [1.29, 1.82) is 0 Å². The maximum atomic E-state index is 5.79. The van der Waals surface area contributed by atoms with E-state index in [2.05, 4.69) is 38.7 Å². The molecule has 1 unspecified atom stereocenters. The normalized spacial score (nSPS) is 12.8. The molecule has 0 aliphatic heterocycles. The molecule has 0 amide bonds. The molecule has 3 heteroatoms. The smallest absolute Gasteiger partial charge is 0.213 e. The van der Waals surface area contributed by atoms with E-state index in [-0.39, 0.29) is 0 Å². The maximum Gasteiger partial charge on any atom is 0.213 e. The van der Waals surface area contributed by atoms with Gasteiger partial charge in [0.1, 0.15) is 0 Å². The van der Waals surface area contributed by atoms with Crippen molar-refractivity contribution >= 4 is 0 Å². The van der Waals surface area contributed by atoms with Crippen molar-refractivity contribution in [2.75, 3.05) is 6.61 Å². The number of hydrogen-bond acceptors (Lipinski definition) is 3. The highest BCUT2D eigenvalue weighted by Gasteiger charge is 2.08. The topological polar surface area (TPSA) is 48.1 Å². The van der Waals surface area contributed by atoms with E-state index < -0.39 is 0 Å². The molecule has 0 aliphatic rings. The van der Waals surface area contributed by atoms with Crippen LogP contribution in [0.15, 0.2) is 12.1 Å². The van der Waals surface area contributed by atoms with Gasteiger partial charge < -0.3 is 10.5 Å². The minimum Gasteiger partial charge on any atom is -0.477 e. The Balaban J connectivity index is 2.72. The van der Waals surface area contributed by atoms with Crippen LogP contribution in [0.2, 0.25) is 0 Å². The largest absolute Gasteiger partial charge is 0.477 e. The summed E-state index contributed by atoms with van der Waals surface area (Å²) in [5.74, 6) is 1.68. The summed E-state index contributed by atoms with van der Waals surface area (Å²) in [5.41, 5.74) is 7.85. The Morgan fingerprint density at radius 2 is 2.00 bits per heavy atom. The highest BCUT2D eigenvalue weighted by molar-refractivity contribution is 5.26. The molecule has 0 aromatic carbocycles. The first kappa shape index (κ1) is 15.0. The Labute approximate surface area is 111 Å². The highest BCUT2D eigenvalue weighted by Crippen LogP contribution is 2.19. The van der Waals surface area contributed by atoms with E-state index >= 15 is 0 Å². The fraction of sp³-hybridized carbons (Fsp3) is 0.667. The van der Waals surface area contributed by atoms with Gasteiger partial charge in [0.25, 0.3) is 0 Å². The standard InChI is InChI=1S/C15H26N2O/c1-5-6-12(4)10-18-15-8-13(9-16)7-14(17-15)11(2)3/h7-8,11-12H,5-6,9-10,16H2,1-4H3. The lowest BCUT2D eigenvalue weighted by Crippen LogP contribution is -2.10. The van der Waals surface area contributed by atoms with Crippen molar-refractivity contribution in [3.05, 3.63) is 23.4 Å². The number of aromatic nitrogens is 1. The number of rotatable bonds is 7. The van der Waals surface area contributed by atoms with Crippen LogP contribution in [0.25, 0.3) is 0 Å². The Kier molecular flexibility index (Phi) is 6.13. The fourth-order valence-electron chi connectivity index (χ4n) is 1.87. The summed E-state index contributed by atoms with van der Waals surface area (Å²) in [4.78, 5) is 4.54. The average molecular weight is 250 g/mol. The fourth-order valence-corrected chi connectivity index (χ4v) is 1.87. The predicted molar refractivity (Wildman–Crippen MR) is 75.8 cm³/mol. The minimum atomic E-state index is 0.395. The predicted octanol–water partition coefficient (Wildman–Crippen LogP) is 3.48. The lowest BCUT2D eigenvalue weighted by atomic mass is 10.1. The zero-order valence-corrected chi connectivity index (χ0v) is 12.1. The molecule has 1 heterocycles. The number of nitrogens with two attached hydrogens (primary N) is 1. The molecule has 0 fully saturated rings. The van der Waals surface area contributed by atoms with E-state index in [4.69, 9.17) is 10.5 Å². The van der Waals surface area contributed by atoms with E-state index in [1.165, 1.54) is 12.8 Å². The van der Waals surface area contributed by atoms with Gasteiger partial charge in [-0.3, -0.25) is 0 Å². The van der Waals surface area contributed by atoms with E-state index in [1.54, 1.807) is 0 Å². The second kappa shape index (κ2) is 7.37. The third-order valence-corrected chi connectivity index (χ3v) is 3.01. The molecule has 1 aromatic heterocycles. The van der Waals surface area contributed by atoms with Crippen LogP contribution in [0.4, 0.5) is 0 Å². The first-order valence-electron chi connectivity index (χ1n) is 6.90. The zero-order chi connectivity index (χ0) is 13.5. The monoisotopic (exact) mass is 250 g/mol. The number of nitrogens with zero attached hydrogens (tertiary/aromatic N) is 1. The lowest BCUT2D eigenvalue weighted by molar-refractivity contribution is 0.242. The minimum absolute atomic E-state index is 0.395. The van der Waals surface area contributed by atoms with Gasteiger partial charge in [-0.25, -0.2) is 4.98 Å². The summed E-state index contributed by atoms with van der Waals surface area (Å²) in [7, 11) is 0. The molecule has 0 saturated carbocycles. The Morgan fingerprint density at radius 1 is 1.28 bits per heavy atom. The van der Waals surface area contributed by atoms with Crippen molar-refractivity contribution in [2.24, 2.45) is 11.7 Å². The van der Waals surface area contributed by atoms with Crippen molar-refractivity contribution in [1.82, 2.24) is 4.98 Å². The number of ether oxygens (including phenoxy) is 1. The Hall–Kier alpha value is -1.09. The molecule has 0 spiro atoms.